The number of imidazole rings is 1. The molecule has 3 aromatic rings. The molecule has 1 N–H and O–H groups in total. The van der Waals surface area contributed by atoms with E-state index in [1.807, 2.05) is 23.8 Å². The molecular formula is C18H19N5O2S. The van der Waals surface area contributed by atoms with Gasteiger partial charge in [0.2, 0.25) is 5.95 Å². The van der Waals surface area contributed by atoms with Gasteiger partial charge in [0.25, 0.3) is 5.91 Å². The lowest BCUT2D eigenvalue weighted by Crippen LogP contribution is -2.17. The number of anilines is 1. The van der Waals surface area contributed by atoms with E-state index >= 15 is 0 Å². The molecule has 26 heavy (non-hydrogen) atoms. The van der Waals surface area contributed by atoms with Gasteiger partial charge in [0.1, 0.15) is 10.8 Å². The van der Waals surface area contributed by atoms with E-state index in [0.717, 1.165) is 18.0 Å². The number of carbonyl (C=O) groups is 1. The van der Waals surface area contributed by atoms with Gasteiger partial charge in [-0.2, -0.15) is 0 Å². The molecular weight excluding hydrogens is 350 g/mol. The predicted molar refractivity (Wildman–Crippen MR) is 97.9 cm³/mol. The van der Waals surface area contributed by atoms with Crippen molar-refractivity contribution in [3.8, 4) is 0 Å². The minimum atomic E-state index is -0.208. The molecule has 1 aliphatic rings. The topological polar surface area (TPSA) is 85.8 Å². The van der Waals surface area contributed by atoms with Crippen molar-refractivity contribution in [2.24, 2.45) is 5.92 Å². The molecule has 1 amide bonds. The van der Waals surface area contributed by atoms with Crippen molar-refractivity contribution in [2.75, 3.05) is 5.32 Å². The minimum absolute atomic E-state index is 0.208. The van der Waals surface area contributed by atoms with Crippen LogP contribution in [-0.2, 0) is 12.3 Å². The summed E-state index contributed by atoms with van der Waals surface area (Å²) in [7, 11) is 0. The maximum absolute atomic E-state index is 12.8. The Morgan fingerprint density at radius 1 is 1.38 bits per heavy atom. The summed E-state index contributed by atoms with van der Waals surface area (Å²) >= 11 is 1.46. The standard InChI is InChI=1S/C18H19N5O2S/c1-12-9-14(22-25-12)11-26-17-15(3-2-6-19-17)16(24)21-18-20-7-8-23(18)10-13-4-5-13/h2-3,6-9,13H,4-5,10-11H2,1H3,(H,20,21,24). The van der Waals surface area contributed by atoms with Crippen LogP contribution >= 0.6 is 11.8 Å². The van der Waals surface area contributed by atoms with E-state index in [1.54, 1.807) is 24.5 Å². The summed E-state index contributed by atoms with van der Waals surface area (Å²) in [5.74, 6) is 2.43. The molecule has 0 radical (unpaired) electrons. The quantitative estimate of drug-likeness (QED) is 0.641. The molecule has 0 spiro atoms. The third kappa shape index (κ3) is 3.96. The molecule has 0 aliphatic heterocycles. The Kier molecular flexibility index (Phi) is 4.75. The van der Waals surface area contributed by atoms with Crippen LogP contribution in [0.4, 0.5) is 5.95 Å². The van der Waals surface area contributed by atoms with Crippen molar-refractivity contribution in [1.29, 1.82) is 0 Å². The lowest BCUT2D eigenvalue weighted by molar-refractivity contribution is 0.102. The van der Waals surface area contributed by atoms with Crippen molar-refractivity contribution >= 4 is 23.6 Å². The third-order valence-electron chi connectivity index (χ3n) is 4.14. The highest BCUT2D eigenvalue weighted by atomic mass is 32.2. The van der Waals surface area contributed by atoms with Gasteiger partial charge in [-0.25, -0.2) is 9.97 Å². The highest BCUT2D eigenvalue weighted by Crippen LogP contribution is 2.31. The van der Waals surface area contributed by atoms with E-state index in [2.05, 4.69) is 20.4 Å². The summed E-state index contributed by atoms with van der Waals surface area (Å²) in [5, 5.41) is 7.54. The van der Waals surface area contributed by atoms with Crippen LogP contribution in [0.3, 0.4) is 0 Å². The molecule has 3 aromatic heterocycles. The van der Waals surface area contributed by atoms with Gasteiger partial charge in [-0.3, -0.25) is 10.1 Å². The predicted octanol–water partition coefficient (Wildman–Crippen LogP) is 3.53. The number of hydrogen-bond donors (Lipinski definition) is 1. The van der Waals surface area contributed by atoms with Crippen LogP contribution < -0.4 is 5.32 Å². The molecule has 0 bridgehead atoms. The number of nitrogens with zero attached hydrogens (tertiary/aromatic N) is 4. The Bertz CT molecular complexity index is 916. The van der Waals surface area contributed by atoms with Crippen molar-refractivity contribution in [2.45, 2.75) is 37.1 Å². The maximum atomic E-state index is 12.8. The van der Waals surface area contributed by atoms with E-state index in [-0.39, 0.29) is 5.91 Å². The number of nitrogens with one attached hydrogen (secondary N) is 1. The number of carbonyl (C=O) groups excluding carboxylic acids is 1. The molecule has 7 nitrogen and oxygen atoms in total. The Balaban J connectivity index is 1.46. The first-order chi connectivity index (χ1) is 12.7. The van der Waals surface area contributed by atoms with Gasteiger partial charge < -0.3 is 9.09 Å². The van der Waals surface area contributed by atoms with E-state index in [4.69, 9.17) is 4.52 Å². The summed E-state index contributed by atoms with van der Waals surface area (Å²) in [6.07, 6.45) is 7.79. The smallest absolute Gasteiger partial charge is 0.260 e. The Labute approximate surface area is 155 Å². The van der Waals surface area contributed by atoms with Crippen LogP contribution in [0.5, 0.6) is 0 Å². The largest absolute Gasteiger partial charge is 0.361 e. The van der Waals surface area contributed by atoms with Crippen LogP contribution in [0.1, 0.15) is 34.7 Å². The van der Waals surface area contributed by atoms with Gasteiger partial charge in [-0.15, -0.1) is 0 Å². The average molecular weight is 369 g/mol. The number of rotatable bonds is 7. The van der Waals surface area contributed by atoms with Crippen molar-refractivity contribution < 1.29 is 9.32 Å². The van der Waals surface area contributed by atoms with Crippen LogP contribution in [0, 0.1) is 12.8 Å². The van der Waals surface area contributed by atoms with Crippen LogP contribution in [0.2, 0.25) is 0 Å². The van der Waals surface area contributed by atoms with Crippen molar-refractivity contribution in [3.63, 3.8) is 0 Å². The molecule has 3 heterocycles. The minimum Gasteiger partial charge on any atom is -0.361 e. The summed E-state index contributed by atoms with van der Waals surface area (Å²) in [4.78, 5) is 21.4. The fraction of sp³-hybridized carbons (Fsp3) is 0.333. The highest BCUT2D eigenvalue weighted by molar-refractivity contribution is 7.98. The number of thioether (sulfide) groups is 1. The van der Waals surface area contributed by atoms with Gasteiger partial charge in [0.05, 0.1) is 11.3 Å². The number of aromatic nitrogens is 4. The van der Waals surface area contributed by atoms with Gasteiger partial charge in [0.15, 0.2) is 0 Å². The normalized spacial score (nSPS) is 13.7. The van der Waals surface area contributed by atoms with Crippen molar-refractivity contribution in [1.82, 2.24) is 19.7 Å². The molecule has 0 aromatic carbocycles. The second kappa shape index (κ2) is 7.33. The average Bonchev–Trinajstić information content (AvgIpc) is 3.20. The number of hydrogen-bond acceptors (Lipinski definition) is 6. The summed E-state index contributed by atoms with van der Waals surface area (Å²) < 4.78 is 7.07. The van der Waals surface area contributed by atoms with E-state index in [9.17, 15) is 4.79 Å². The zero-order valence-electron chi connectivity index (χ0n) is 14.4. The SMILES string of the molecule is Cc1cc(CSc2ncccc2C(=O)Nc2nccn2CC2CC2)no1. The number of aryl methyl sites for hydroxylation is 1. The second-order valence-electron chi connectivity index (χ2n) is 6.37. The van der Waals surface area contributed by atoms with Gasteiger partial charge >= 0.3 is 0 Å². The number of pyridine rings is 1. The third-order valence-corrected chi connectivity index (χ3v) is 5.18. The van der Waals surface area contributed by atoms with Crippen molar-refractivity contribution in [3.05, 3.63) is 53.8 Å². The first-order valence-corrected chi connectivity index (χ1v) is 9.50. The molecule has 8 heteroatoms. The molecule has 1 saturated carbocycles. The number of amides is 1. The van der Waals surface area contributed by atoms with Crippen LogP contribution in [0.25, 0.3) is 0 Å². The Morgan fingerprint density at radius 2 is 2.27 bits per heavy atom. The first-order valence-electron chi connectivity index (χ1n) is 8.51. The lowest BCUT2D eigenvalue weighted by Gasteiger charge is -2.10. The fourth-order valence-electron chi connectivity index (χ4n) is 2.63. The molecule has 134 valence electrons. The summed E-state index contributed by atoms with van der Waals surface area (Å²) in [6, 6.07) is 5.41. The van der Waals surface area contributed by atoms with Crippen LogP contribution in [-0.4, -0.2) is 25.6 Å². The van der Waals surface area contributed by atoms with Gasteiger partial charge in [0, 0.05) is 37.0 Å². The summed E-state index contributed by atoms with van der Waals surface area (Å²) in [5.41, 5.74) is 1.35. The Morgan fingerprint density at radius 3 is 3.04 bits per heavy atom. The van der Waals surface area contributed by atoms with E-state index < -0.39 is 0 Å². The molecule has 0 saturated heterocycles. The monoisotopic (exact) mass is 369 g/mol. The lowest BCUT2D eigenvalue weighted by atomic mass is 10.3. The fourth-order valence-corrected chi connectivity index (χ4v) is 3.51. The Hall–Kier alpha value is -2.61. The molecule has 0 unspecified atom stereocenters. The second-order valence-corrected chi connectivity index (χ2v) is 7.34. The molecule has 1 aliphatic carbocycles. The molecule has 1 fully saturated rings. The van der Waals surface area contributed by atoms with E-state index in [0.29, 0.717) is 28.2 Å². The summed E-state index contributed by atoms with van der Waals surface area (Å²) in [6.45, 7) is 2.75. The zero-order valence-corrected chi connectivity index (χ0v) is 15.2. The van der Waals surface area contributed by atoms with Gasteiger partial charge in [-0.05, 0) is 37.8 Å². The van der Waals surface area contributed by atoms with Gasteiger partial charge in [-0.1, -0.05) is 16.9 Å². The van der Waals surface area contributed by atoms with Crippen LogP contribution in [0.15, 0.2) is 46.3 Å². The maximum Gasteiger partial charge on any atom is 0.260 e. The molecule has 0 atom stereocenters. The highest BCUT2D eigenvalue weighted by Gasteiger charge is 2.23. The van der Waals surface area contributed by atoms with E-state index in [1.165, 1.54) is 24.6 Å². The molecule has 4 rings (SSSR count). The first kappa shape index (κ1) is 16.8. The zero-order chi connectivity index (χ0) is 17.9.